The molecule has 0 aromatic rings. The molecule has 1 aliphatic rings. The molecule has 0 aliphatic carbocycles. The molecule has 0 aromatic carbocycles. The van der Waals surface area contributed by atoms with Crippen molar-refractivity contribution in [3.63, 3.8) is 0 Å². The van der Waals surface area contributed by atoms with Gasteiger partial charge < -0.3 is 14.8 Å². The fourth-order valence-corrected chi connectivity index (χ4v) is 5.05. The van der Waals surface area contributed by atoms with Crippen LogP contribution in [0.5, 0.6) is 0 Å². The van der Waals surface area contributed by atoms with Crippen molar-refractivity contribution >= 4 is 58.4 Å². The summed E-state index contributed by atoms with van der Waals surface area (Å²) < 4.78 is 10.5. The Hall–Kier alpha value is -2.77. The maximum atomic E-state index is 12.7. The molecule has 38 heavy (non-hydrogen) atoms. The van der Waals surface area contributed by atoms with E-state index >= 15 is 0 Å². The van der Waals surface area contributed by atoms with Gasteiger partial charge in [0.05, 0.1) is 31.7 Å². The Morgan fingerprint density at radius 2 is 1.45 bits per heavy atom. The van der Waals surface area contributed by atoms with E-state index in [1.54, 1.807) is 0 Å². The molecule has 13 heteroatoms. The van der Waals surface area contributed by atoms with Crippen LogP contribution in [0.25, 0.3) is 0 Å². The van der Waals surface area contributed by atoms with E-state index in [1.165, 1.54) is 6.92 Å². The molecular formula is C25H36N2O10S. The SMILES string of the molecule is CC(=O)CCOCCOCCNC(=O)CCN1C(=O)CC(SCCC(=O)C(C(C)=O)(C(C)=O)C(C)=O)C1=O. The zero-order valence-corrected chi connectivity index (χ0v) is 23.1. The van der Waals surface area contributed by atoms with Crippen LogP contribution in [-0.4, -0.2) is 102 Å². The highest BCUT2D eigenvalue weighted by Crippen LogP contribution is 2.29. The highest BCUT2D eigenvalue weighted by atomic mass is 32.2. The van der Waals surface area contributed by atoms with Crippen molar-refractivity contribution in [1.29, 1.82) is 0 Å². The van der Waals surface area contributed by atoms with E-state index in [2.05, 4.69) is 5.32 Å². The molecule has 1 fully saturated rings. The Kier molecular flexibility index (Phi) is 14.2. The molecule has 1 atom stereocenters. The monoisotopic (exact) mass is 556 g/mol. The molecule has 12 nitrogen and oxygen atoms in total. The summed E-state index contributed by atoms with van der Waals surface area (Å²) in [5.74, 6) is -4.55. The summed E-state index contributed by atoms with van der Waals surface area (Å²) in [5.41, 5.74) is -2.33. The summed E-state index contributed by atoms with van der Waals surface area (Å²) in [6.07, 6.45) is -0.129. The number of hydrogen-bond donors (Lipinski definition) is 1. The summed E-state index contributed by atoms with van der Waals surface area (Å²) in [7, 11) is 0. The lowest BCUT2D eigenvalue weighted by molar-refractivity contribution is -0.153. The van der Waals surface area contributed by atoms with Gasteiger partial charge in [0.1, 0.15) is 5.78 Å². The quantitative estimate of drug-likeness (QED) is 0.122. The van der Waals surface area contributed by atoms with E-state index in [0.29, 0.717) is 26.2 Å². The number of imide groups is 1. The third-order valence-electron chi connectivity index (χ3n) is 5.95. The molecule has 1 aliphatic heterocycles. The fourth-order valence-electron chi connectivity index (χ4n) is 3.93. The maximum absolute atomic E-state index is 12.7. The van der Waals surface area contributed by atoms with Crippen molar-refractivity contribution in [2.45, 2.75) is 58.6 Å². The number of nitrogens with one attached hydrogen (secondary N) is 1. The molecule has 1 unspecified atom stereocenters. The molecule has 0 saturated carbocycles. The Morgan fingerprint density at radius 1 is 0.868 bits per heavy atom. The highest BCUT2D eigenvalue weighted by Gasteiger charge is 2.51. The Balaban J connectivity index is 2.38. The summed E-state index contributed by atoms with van der Waals surface area (Å²) in [5, 5.41) is 1.87. The van der Waals surface area contributed by atoms with Crippen LogP contribution in [0.3, 0.4) is 0 Å². The van der Waals surface area contributed by atoms with Gasteiger partial charge in [-0.1, -0.05) is 0 Å². The van der Waals surface area contributed by atoms with Gasteiger partial charge in [0, 0.05) is 44.5 Å². The van der Waals surface area contributed by atoms with Gasteiger partial charge in [-0.2, -0.15) is 0 Å². The molecule has 0 bridgehead atoms. The Labute approximate surface area is 225 Å². The molecule has 1 heterocycles. The summed E-state index contributed by atoms with van der Waals surface area (Å²) in [6, 6.07) is 0. The summed E-state index contributed by atoms with van der Waals surface area (Å²) in [4.78, 5) is 97.4. The number of carbonyl (C=O) groups excluding carboxylic acids is 8. The van der Waals surface area contributed by atoms with Gasteiger partial charge in [-0.15, -0.1) is 11.8 Å². The van der Waals surface area contributed by atoms with Crippen molar-refractivity contribution in [2.75, 3.05) is 45.3 Å². The van der Waals surface area contributed by atoms with Crippen LogP contribution in [0.1, 0.15) is 53.4 Å². The third kappa shape index (κ3) is 9.52. The fraction of sp³-hybridized carbons (Fsp3) is 0.680. The van der Waals surface area contributed by atoms with Crippen LogP contribution in [0.2, 0.25) is 0 Å². The van der Waals surface area contributed by atoms with E-state index in [-0.39, 0.29) is 56.4 Å². The second-order valence-corrected chi connectivity index (χ2v) is 10.1. The molecule has 0 spiro atoms. The van der Waals surface area contributed by atoms with Crippen molar-refractivity contribution in [3.05, 3.63) is 0 Å². The first-order valence-electron chi connectivity index (χ1n) is 12.3. The van der Waals surface area contributed by atoms with E-state index in [1.807, 2.05) is 0 Å². The molecular weight excluding hydrogens is 520 g/mol. The average Bonchev–Trinajstić information content (AvgIpc) is 3.08. The smallest absolute Gasteiger partial charge is 0.242 e. The number of nitrogens with zero attached hydrogens (tertiary/aromatic N) is 1. The highest BCUT2D eigenvalue weighted by molar-refractivity contribution is 8.00. The number of ketones is 5. The summed E-state index contributed by atoms with van der Waals surface area (Å²) >= 11 is 1.03. The zero-order chi connectivity index (χ0) is 28.9. The predicted octanol–water partition coefficient (Wildman–Crippen LogP) is 0.0783. The molecule has 0 aromatic heterocycles. The minimum atomic E-state index is -2.33. The van der Waals surface area contributed by atoms with Crippen molar-refractivity contribution < 1.29 is 47.8 Å². The van der Waals surface area contributed by atoms with Crippen molar-refractivity contribution in [1.82, 2.24) is 10.2 Å². The van der Waals surface area contributed by atoms with E-state index in [9.17, 15) is 38.4 Å². The van der Waals surface area contributed by atoms with Gasteiger partial charge >= 0.3 is 0 Å². The van der Waals surface area contributed by atoms with Crippen molar-refractivity contribution in [2.24, 2.45) is 5.41 Å². The number of hydrogen-bond acceptors (Lipinski definition) is 11. The van der Waals surface area contributed by atoms with Gasteiger partial charge in [-0.3, -0.25) is 43.3 Å². The predicted molar refractivity (Wildman–Crippen MR) is 136 cm³/mol. The van der Waals surface area contributed by atoms with Crippen LogP contribution < -0.4 is 5.32 Å². The Morgan fingerprint density at radius 3 is 2.00 bits per heavy atom. The number of carbonyl (C=O) groups is 8. The lowest BCUT2D eigenvalue weighted by atomic mass is 9.72. The Bertz CT molecular complexity index is 912. The second-order valence-electron chi connectivity index (χ2n) is 8.82. The molecule has 3 amide bonds. The first-order chi connectivity index (χ1) is 17.8. The normalized spacial score (nSPS) is 15.5. The first-order valence-corrected chi connectivity index (χ1v) is 13.3. The van der Waals surface area contributed by atoms with Crippen molar-refractivity contribution in [3.8, 4) is 0 Å². The van der Waals surface area contributed by atoms with Crippen LogP contribution >= 0.6 is 11.8 Å². The number of thioether (sulfide) groups is 1. The first kappa shape index (κ1) is 33.3. The lowest BCUT2D eigenvalue weighted by Crippen LogP contribution is -2.50. The van der Waals surface area contributed by atoms with E-state index in [0.717, 1.165) is 37.4 Å². The van der Waals surface area contributed by atoms with Gasteiger partial charge in [0.15, 0.2) is 23.1 Å². The maximum Gasteiger partial charge on any atom is 0.242 e. The number of amides is 3. The van der Waals surface area contributed by atoms with Crippen LogP contribution in [-0.2, 0) is 47.8 Å². The topological polar surface area (TPSA) is 170 Å². The van der Waals surface area contributed by atoms with E-state index < -0.39 is 45.6 Å². The van der Waals surface area contributed by atoms with Crippen LogP contribution in [0, 0.1) is 5.41 Å². The number of rotatable bonds is 20. The van der Waals surface area contributed by atoms with Gasteiger partial charge in [0.25, 0.3) is 0 Å². The summed E-state index contributed by atoms with van der Waals surface area (Å²) in [6.45, 7) is 5.91. The van der Waals surface area contributed by atoms with Gasteiger partial charge in [-0.25, -0.2) is 0 Å². The molecule has 1 rings (SSSR count). The minimum absolute atomic E-state index is 0.0359. The standard InChI is InChI=1S/C25H36N2O10S/c1-16(28)6-10-36-12-13-37-11-8-26-22(33)5-9-27-23(34)15-20(24(27)35)38-14-7-21(32)25(17(2)29,18(3)30)19(4)31/h20H,5-15H2,1-4H3,(H,26,33). The van der Waals surface area contributed by atoms with Gasteiger partial charge in [0.2, 0.25) is 23.1 Å². The van der Waals surface area contributed by atoms with Gasteiger partial charge in [-0.05, 0) is 27.7 Å². The third-order valence-corrected chi connectivity index (χ3v) is 7.17. The zero-order valence-electron chi connectivity index (χ0n) is 22.3. The number of Topliss-reactive ketones (excluding diaryl/α,β-unsaturated/α-hetero) is 5. The number of ether oxygens (including phenoxy) is 2. The molecule has 0 radical (unpaired) electrons. The van der Waals surface area contributed by atoms with Crippen LogP contribution in [0.15, 0.2) is 0 Å². The largest absolute Gasteiger partial charge is 0.379 e. The second kappa shape index (κ2) is 16.2. The minimum Gasteiger partial charge on any atom is -0.379 e. The molecule has 212 valence electrons. The van der Waals surface area contributed by atoms with E-state index in [4.69, 9.17) is 9.47 Å². The van der Waals surface area contributed by atoms with Crippen LogP contribution in [0.4, 0.5) is 0 Å². The number of likely N-dealkylation sites (tertiary alicyclic amines) is 1. The molecule has 1 saturated heterocycles. The lowest BCUT2D eigenvalue weighted by Gasteiger charge is -2.24. The molecule has 1 N–H and O–H groups in total. The average molecular weight is 557 g/mol.